The van der Waals surface area contributed by atoms with Crippen molar-refractivity contribution in [1.29, 1.82) is 0 Å². The normalized spacial score (nSPS) is 10.7. The van der Waals surface area contributed by atoms with Gasteiger partial charge in [0.05, 0.1) is 24.6 Å². The fourth-order valence-electron chi connectivity index (χ4n) is 1.11. The van der Waals surface area contributed by atoms with Gasteiger partial charge in [-0.25, -0.2) is 19.9 Å². The lowest BCUT2D eigenvalue weighted by atomic mass is 10.4. The summed E-state index contributed by atoms with van der Waals surface area (Å²) in [6, 6.07) is 3.36. The third-order valence-electron chi connectivity index (χ3n) is 1.96. The maximum absolute atomic E-state index is 11.4. The molecular weight excluding hydrogens is 255 g/mol. The molecule has 0 aliphatic carbocycles. The van der Waals surface area contributed by atoms with Crippen molar-refractivity contribution >= 4 is 8.25 Å². The summed E-state index contributed by atoms with van der Waals surface area (Å²) in [5, 5.41) is 0. The van der Waals surface area contributed by atoms with Gasteiger partial charge in [0.1, 0.15) is 12.7 Å². The van der Waals surface area contributed by atoms with E-state index in [1.54, 1.807) is 24.5 Å². The third-order valence-corrected chi connectivity index (χ3v) is 2.72. The topological polar surface area (TPSA) is 87.1 Å². The molecule has 0 amide bonds. The Bertz CT molecular complexity index is 451. The van der Waals surface area contributed by atoms with Crippen LogP contribution in [0.15, 0.2) is 37.2 Å². The molecule has 0 saturated carbocycles. The number of nitrogens with zero attached hydrogens (tertiary/aromatic N) is 4. The zero-order chi connectivity index (χ0) is 12.6. The Labute approximate surface area is 104 Å². The zero-order valence-corrected chi connectivity index (χ0v) is 10.4. The van der Waals surface area contributed by atoms with Crippen molar-refractivity contribution < 1.29 is 13.6 Å². The van der Waals surface area contributed by atoms with E-state index in [0.717, 1.165) is 0 Å². The van der Waals surface area contributed by atoms with Crippen molar-refractivity contribution in [2.45, 2.75) is 13.2 Å². The smallest absolute Gasteiger partial charge is 0.304 e. The molecular formula is C10H11N4O3P. The number of hydrogen-bond acceptors (Lipinski definition) is 7. The van der Waals surface area contributed by atoms with Crippen molar-refractivity contribution in [1.82, 2.24) is 19.9 Å². The first-order valence-electron chi connectivity index (χ1n) is 5.14. The largest absolute Gasteiger partial charge is 0.319 e. The maximum Gasteiger partial charge on any atom is 0.319 e. The van der Waals surface area contributed by atoms with Gasteiger partial charge in [-0.3, -0.25) is 4.57 Å². The Morgan fingerprint density at radius 2 is 1.44 bits per heavy atom. The van der Waals surface area contributed by atoms with Crippen LogP contribution in [0.25, 0.3) is 0 Å². The maximum atomic E-state index is 11.4. The molecule has 0 N–H and O–H groups in total. The fourth-order valence-corrected chi connectivity index (χ4v) is 1.73. The van der Waals surface area contributed by atoms with Crippen molar-refractivity contribution in [2.24, 2.45) is 0 Å². The molecule has 0 atom stereocenters. The fraction of sp³-hybridized carbons (Fsp3) is 0.200. The number of hydrogen-bond donors (Lipinski definition) is 0. The first-order valence-corrected chi connectivity index (χ1v) is 6.36. The van der Waals surface area contributed by atoms with Crippen LogP contribution in [-0.4, -0.2) is 19.9 Å². The summed E-state index contributed by atoms with van der Waals surface area (Å²) in [5.41, 5.74) is 1.29. The average molecular weight is 266 g/mol. The lowest BCUT2D eigenvalue weighted by Crippen LogP contribution is -1.94. The van der Waals surface area contributed by atoms with E-state index < -0.39 is 8.25 Å². The average Bonchev–Trinajstić information content (AvgIpc) is 2.45. The van der Waals surface area contributed by atoms with E-state index in [9.17, 15) is 4.57 Å². The van der Waals surface area contributed by atoms with Crippen LogP contribution in [0.2, 0.25) is 0 Å². The first-order chi connectivity index (χ1) is 8.84. The third kappa shape index (κ3) is 4.29. The van der Waals surface area contributed by atoms with Crippen molar-refractivity contribution in [3.05, 3.63) is 48.6 Å². The molecule has 94 valence electrons. The highest BCUT2D eigenvalue weighted by atomic mass is 31.1. The van der Waals surface area contributed by atoms with Gasteiger partial charge < -0.3 is 9.05 Å². The standard InChI is InChI=1S/C10H11N4O3P/c15-18(16-5-9-1-3-11-7-13-9)17-6-10-2-4-12-8-14-10/h1-4,7-8,18H,5-6H2. The minimum absolute atomic E-state index is 0.129. The number of rotatable bonds is 6. The molecule has 0 radical (unpaired) electrons. The van der Waals surface area contributed by atoms with E-state index in [-0.39, 0.29) is 13.2 Å². The van der Waals surface area contributed by atoms with E-state index >= 15 is 0 Å². The molecule has 2 heterocycles. The van der Waals surface area contributed by atoms with Crippen LogP contribution in [0.4, 0.5) is 0 Å². The molecule has 0 aromatic carbocycles. The Hall–Kier alpha value is -1.69. The number of aromatic nitrogens is 4. The molecule has 0 spiro atoms. The lowest BCUT2D eigenvalue weighted by Gasteiger charge is -2.04. The van der Waals surface area contributed by atoms with Crippen LogP contribution in [0.3, 0.4) is 0 Å². The van der Waals surface area contributed by atoms with Crippen molar-refractivity contribution in [2.75, 3.05) is 0 Å². The molecule has 0 aliphatic rings. The summed E-state index contributed by atoms with van der Waals surface area (Å²) in [5.74, 6) is 0. The molecule has 0 unspecified atom stereocenters. The summed E-state index contributed by atoms with van der Waals surface area (Å²) >= 11 is 0. The molecule has 0 bridgehead atoms. The van der Waals surface area contributed by atoms with Gasteiger partial charge in [0, 0.05) is 12.4 Å². The van der Waals surface area contributed by atoms with Crippen LogP contribution in [0, 0.1) is 0 Å². The van der Waals surface area contributed by atoms with Gasteiger partial charge in [-0.2, -0.15) is 0 Å². The molecule has 0 fully saturated rings. The Balaban J connectivity index is 1.73. The molecule has 18 heavy (non-hydrogen) atoms. The Morgan fingerprint density at radius 3 is 1.83 bits per heavy atom. The van der Waals surface area contributed by atoms with Gasteiger partial charge in [0.2, 0.25) is 0 Å². The minimum atomic E-state index is -2.56. The first kappa shape index (κ1) is 12.8. The van der Waals surface area contributed by atoms with Gasteiger partial charge in [-0.05, 0) is 12.1 Å². The highest BCUT2D eigenvalue weighted by Gasteiger charge is 2.03. The van der Waals surface area contributed by atoms with E-state index in [4.69, 9.17) is 9.05 Å². The minimum Gasteiger partial charge on any atom is -0.304 e. The van der Waals surface area contributed by atoms with E-state index in [0.29, 0.717) is 11.4 Å². The van der Waals surface area contributed by atoms with Crippen LogP contribution < -0.4 is 0 Å². The highest BCUT2D eigenvalue weighted by Crippen LogP contribution is 2.26. The summed E-state index contributed by atoms with van der Waals surface area (Å²) in [6.45, 7) is 0.258. The van der Waals surface area contributed by atoms with Gasteiger partial charge >= 0.3 is 8.25 Å². The molecule has 2 aromatic rings. The van der Waals surface area contributed by atoms with E-state index in [1.165, 1.54) is 12.7 Å². The molecule has 0 aliphatic heterocycles. The zero-order valence-electron chi connectivity index (χ0n) is 9.39. The predicted octanol–water partition coefficient (Wildman–Crippen LogP) is 1.39. The van der Waals surface area contributed by atoms with Crippen LogP contribution in [0.1, 0.15) is 11.4 Å². The molecule has 7 nitrogen and oxygen atoms in total. The lowest BCUT2D eigenvalue weighted by molar-refractivity contribution is 0.209. The van der Waals surface area contributed by atoms with E-state index in [2.05, 4.69) is 19.9 Å². The molecule has 0 saturated heterocycles. The van der Waals surface area contributed by atoms with Crippen LogP contribution in [-0.2, 0) is 26.8 Å². The van der Waals surface area contributed by atoms with Crippen LogP contribution in [0.5, 0.6) is 0 Å². The predicted molar refractivity (Wildman–Crippen MR) is 62.6 cm³/mol. The molecule has 2 aromatic heterocycles. The SMILES string of the molecule is O=[PH](OCc1ccncn1)OCc1ccncn1. The highest BCUT2D eigenvalue weighted by molar-refractivity contribution is 7.33. The second-order valence-corrected chi connectivity index (χ2v) is 4.31. The summed E-state index contributed by atoms with van der Waals surface area (Å²) in [6.07, 6.45) is 5.98. The van der Waals surface area contributed by atoms with E-state index in [1.807, 2.05) is 0 Å². The summed E-state index contributed by atoms with van der Waals surface area (Å²) in [7, 11) is -2.56. The molecule has 2 rings (SSSR count). The monoisotopic (exact) mass is 266 g/mol. The van der Waals surface area contributed by atoms with Crippen molar-refractivity contribution in [3.8, 4) is 0 Å². The van der Waals surface area contributed by atoms with Gasteiger partial charge in [0.25, 0.3) is 0 Å². The van der Waals surface area contributed by atoms with Gasteiger partial charge in [0.15, 0.2) is 0 Å². The Kier molecular flexibility index (Phi) is 4.89. The van der Waals surface area contributed by atoms with Crippen LogP contribution >= 0.6 is 8.25 Å². The van der Waals surface area contributed by atoms with Crippen molar-refractivity contribution in [3.63, 3.8) is 0 Å². The second kappa shape index (κ2) is 6.90. The van der Waals surface area contributed by atoms with Gasteiger partial charge in [-0.1, -0.05) is 0 Å². The Morgan fingerprint density at radius 1 is 0.944 bits per heavy atom. The second-order valence-electron chi connectivity index (χ2n) is 3.23. The van der Waals surface area contributed by atoms with Gasteiger partial charge in [-0.15, -0.1) is 0 Å². The summed E-state index contributed by atoms with van der Waals surface area (Å²) < 4.78 is 21.5. The quantitative estimate of drug-likeness (QED) is 0.730. The molecule has 8 heteroatoms. The summed E-state index contributed by atoms with van der Waals surface area (Å²) in [4.78, 5) is 15.4.